The van der Waals surface area contributed by atoms with Crippen LogP contribution in [-0.4, -0.2) is 62.1 Å². The van der Waals surface area contributed by atoms with Crippen LogP contribution in [0.2, 0.25) is 0 Å². The summed E-state index contributed by atoms with van der Waals surface area (Å²) in [5.41, 5.74) is 3.24. The van der Waals surface area contributed by atoms with E-state index < -0.39 is 15.4 Å². The smallest absolute Gasteiger partial charge is 0.348 e. The fourth-order valence-corrected chi connectivity index (χ4v) is 9.11. The lowest BCUT2D eigenvalue weighted by molar-refractivity contribution is -0.121. The number of piperazine rings is 1. The molecule has 9 heteroatoms. The fourth-order valence-electron chi connectivity index (χ4n) is 6.34. The van der Waals surface area contributed by atoms with Crippen LogP contribution >= 0.6 is 20.7 Å². The normalized spacial score (nSPS) is 18.6. The lowest BCUT2D eigenvalue weighted by atomic mass is 9.82. The molecule has 1 atom stereocenters. The van der Waals surface area contributed by atoms with E-state index >= 15 is 0 Å². The number of benzene rings is 2. The minimum absolute atomic E-state index is 0.103. The molecule has 43 heavy (non-hydrogen) atoms. The number of carbonyl (C=O) groups excluding carboxylic acids is 1. The Morgan fingerprint density at radius 1 is 1.00 bits per heavy atom. The molecular formula is C34H36N4O3S2. The highest BCUT2D eigenvalue weighted by Crippen LogP contribution is 2.45. The molecule has 1 saturated carbocycles. The first-order valence-electron chi connectivity index (χ1n) is 14.6. The van der Waals surface area contributed by atoms with Gasteiger partial charge in [0, 0.05) is 28.1 Å². The molecule has 1 N–H and O–H groups in total. The topological polar surface area (TPSA) is 86.6 Å². The highest BCUT2D eigenvalue weighted by Gasteiger charge is 2.42. The Kier molecular flexibility index (Phi) is 8.22. The van der Waals surface area contributed by atoms with E-state index in [-0.39, 0.29) is 29.3 Å². The van der Waals surface area contributed by atoms with E-state index in [1.54, 1.807) is 6.20 Å². The number of aromatic nitrogens is 2. The Hall–Kier alpha value is -3.79. The summed E-state index contributed by atoms with van der Waals surface area (Å²) < 4.78 is 2.15. The molecule has 1 unspecified atom stereocenters. The van der Waals surface area contributed by atoms with Gasteiger partial charge in [-0.15, -0.1) is 20.7 Å². The molecule has 2 aromatic carbocycles. The van der Waals surface area contributed by atoms with Gasteiger partial charge in [-0.1, -0.05) is 73.5 Å². The standard InChI is InChI=1S/C34H36N4O3S2/c1-23-35-18-17-28(36-23)26-15-10-16-27(19-26)43(2,3)37-21-30(24-11-6-4-7-12-24)38(32(39)22-37)29-20-31(42-33(29)34(40)41)25-13-8-5-9-14-25/h5,8-10,13-20,24,30H,2-4,6-7,11-12,21-22H2,1H3,(H,40,41). The maximum Gasteiger partial charge on any atom is 0.348 e. The molecule has 1 aliphatic heterocycles. The zero-order chi connectivity index (χ0) is 30.1. The van der Waals surface area contributed by atoms with E-state index in [0.717, 1.165) is 52.3 Å². The van der Waals surface area contributed by atoms with E-state index in [9.17, 15) is 14.7 Å². The van der Waals surface area contributed by atoms with Crippen molar-refractivity contribution in [2.45, 2.75) is 50.0 Å². The monoisotopic (exact) mass is 612 g/mol. The molecular weight excluding hydrogens is 577 g/mol. The second kappa shape index (κ2) is 12.1. The maximum absolute atomic E-state index is 14.2. The van der Waals surface area contributed by atoms with Gasteiger partial charge in [0.05, 0.1) is 24.0 Å². The Morgan fingerprint density at radius 3 is 2.47 bits per heavy atom. The molecule has 3 heterocycles. The van der Waals surface area contributed by atoms with Crippen molar-refractivity contribution < 1.29 is 14.7 Å². The predicted octanol–water partition coefficient (Wildman–Crippen LogP) is 7.12. The van der Waals surface area contributed by atoms with Crippen molar-refractivity contribution >= 4 is 50.0 Å². The summed E-state index contributed by atoms with van der Waals surface area (Å²) in [5.74, 6) is 9.10. The number of thiophene rings is 1. The highest BCUT2D eigenvalue weighted by molar-refractivity contribution is 8.25. The van der Waals surface area contributed by atoms with E-state index in [1.807, 2.05) is 72.5 Å². The van der Waals surface area contributed by atoms with Gasteiger partial charge in [0.15, 0.2) is 0 Å². The lowest BCUT2D eigenvalue weighted by Gasteiger charge is -2.47. The van der Waals surface area contributed by atoms with Crippen LogP contribution in [0.3, 0.4) is 0 Å². The van der Waals surface area contributed by atoms with Crippen molar-refractivity contribution in [3.05, 3.63) is 83.6 Å². The molecule has 0 bridgehead atoms. The average molecular weight is 613 g/mol. The van der Waals surface area contributed by atoms with Crippen LogP contribution in [0, 0.1) is 12.8 Å². The number of hydrogen-bond donors (Lipinski definition) is 1. The zero-order valence-electron chi connectivity index (χ0n) is 24.3. The van der Waals surface area contributed by atoms with E-state index in [0.29, 0.717) is 18.1 Å². The minimum atomic E-state index is -2.05. The largest absolute Gasteiger partial charge is 0.477 e. The molecule has 0 radical (unpaired) electrons. The van der Waals surface area contributed by atoms with E-state index in [4.69, 9.17) is 0 Å². The summed E-state index contributed by atoms with van der Waals surface area (Å²) in [4.78, 5) is 39.4. The van der Waals surface area contributed by atoms with Crippen LogP contribution in [-0.2, 0) is 4.79 Å². The first kappa shape index (κ1) is 29.3. The van der Waals surface area contributed by atoms with Crippen molar-refractivity contribution in [3.63, 3.8) is 0 Å². The molecule has 2 aliphatic rings. The first-order chi connectivity index (χ1) is 20.7. The summed E-state index contributed by atoms with van der Waals surface area (Å²) in [6, 6.07) is 21.5. The van der Waals surface area contributed by atoms with Crippen LogP contribution in [0.1, 0.15) is 47.6 Å². The summed E-state index contributed by atoms with van der Waals surface area (Å²) in [7, 11) is -2.05. The third kappa shape index (κ3) is 5.89. The lowest BCUT2D eigenvalue weighted by Crippen LogP contribution is -2.58. The van der Waals surface area contributed by atoms with Gasteiger partial charge in [-0.2, -0.15) is 0 Å². The second-order valence-electron chi connectivity index (χ2n) is 11.4. The van der Waals surface area contributed by atoms with E-state index in [2.05, 4.69) is 32.1 Å². The zero-order valence-corrected chi connectivity index (χ0v) is 25.9. The maximum atomic E-state index is 14.2. The molecule has 6 rings (SSSR count). The van der Waals surface area contributed by atoms with Gasteiger partial charge in [0.2, 0.25) is 5.91 Å². The molecule has 2 fully saturated rings. The van der Waals surface area contributed by atoms with Crippen molar-refractivity contribution in [2.24, 2.45) is 5.92 Å². The number of rotatable bonds is 7. The summed E-state index contributed by atoms with van der Waals surface area (Å²) >= 11 is 1.23. The second-order valence-corrected chi connectivity index (χ2v) is 15.1. The van der Waals surface area contributed by atoms with Crippen molar-refractivity contribution in [1.29, 1.82) is 0 Å². The first-order valence-corrected chi connectivity index (χ1v) is 17.4. The number of carboxylic acids is 1. The molecule has 4 aromatic rings. The van der Waals surface area contributed by atoms with E-state index in [1.165, 1.54) is 17.8 Å². The number of carboxylic acid groups (broad SMARTS) is 1. The van der Waals surface area contributed by atoms with Crippen molar-refractivity contribution in [2.75, 3.05) is 18.0 Å². The molecule has 222 valence electrons. The van der Waals surface area contributed by atoms with Crippen molar-refractivity contribution in [3.8, 4) is 21.7 Å². The van der Waals surface area contributed by atoms with Gasteiger partial charge in [-0.05, 0) is 55.5 Å². The van der Waals surface area contributed by atoms with Gasteiger partial charge in [-0.25, -0.2) is 19.1 Å². The molecule has 1 saturated heterocycles. The molecule has 7 nitrogen and oxygen atoms in total. The molecule has 0 spiro atoms. The van der Waals surface area contributed by atoms with Gasteiger partial charge in [0.25, 0.3) is 0 Å². The molecule has 1 aliphatic carbocycles. The molecule has 1 amide bonds. The Balaban J connectivity index is 1.38. The summed E-state index contributed by atoms with van der Waals surface area (Å²) in [6.07, 6.45) is 7.19. The third-order valence-electron chi connectivity index (χ3n) is 8.56. The van der Waals surface area contributed by atoms with Gasteiger partial charge >= 0.3 is 5.97 Å². The number of aromatic carboxylic acids is 1. The van der Waals surface area contributed by atoms with Gasteiger partial charge in [-0.3, -0.25) is 4.79 Å². The summed E-state index contributed by atoms with van der Waals surface area (Å²) in [5, 5.41) is 10.2. The van der Waals surface area contributed by atoms with Crippen LogP contribution in [0.4, 0.5) is 5.69 Å². The fraction of sp³-hybridized carbons (Fsp3) is 0.294. The van der Waals surface area contributed by atoms with Crippen LogP contribution in [0.25, 0.3) is 21.7 Å². The van der Waals surface area contributed by atoms with Gasteiger partial charge < -0.3 is 10.0 Å². The number of hydrogen-bond acceptors (Lipinski definition) is 6. The predicted molar refractivity (Wildman–Crippen MR) is 178 cm³/mol. The van der Waals surface area contributed by atoms with Crippen LogP contribution < -0.4 is 4.90 Å². The quantitative estimate of drug-likeness (QED) is 0.224. The Labute approximate surface area is 257 Å². The SMILES string of the molecule is C=S(=C)(c1cccc(-c2ccnc(C)n2)c1)N1CC(=O)N(c2cc(-c3ccccc3)sc2C(=O)O)C(C2CCCCC2)C1. The van der Waals surface area contributed by atoms with Crippen LogP contribution in [0.5, 0.6) is 0 Å². The number of anilines is 1. The Bertz CT molecular complexity index is 1760. The number of nitrogens with zero attached hydrogens (tertiary/aromatic N) is 4. The number of amides is 1. The highest BCUT2D eigenvalue weighted by atomic mass is 32.2. The third-order valence-corrected chi connectivity index (χ3v) is 12.1. The minimum Gasteiger partial charge on any atom is -0.477 e. The number of aryl methyl sites for hydroxylation is 1. The Morgan fingerprint density at radius 2 is 1.74 bits per heavy atom. The van der Waals surface area contributed by atoms with Crippen LogP contribution in [0.15, 0.2) is 77.8 Å². The van der Waals surface area contributed by atoms with Gasteiger partial charge in [0.1, 0.15) is 10.7 Å². The average Bonchev–Trinajstić information content (AvgIpc) is 3.47. The molecule has 2 aromatic heterocycles. The summed E-state index contributed by atoms with van der Waals surface area (Å²) in [6.45, 7) is 2.58. The van der Waals surface area contributed by atoms with Crippen molar-refractivity contribution in [1.82, 2.24) is 14.3 Å². The number of carbonyl (C=O) groups is 2.